The zero-order valence-corrected chi connectivity index (χ0v) is 18.0. The number of carbonyl (C=O) groups excluding carboxylic acids is 1. The fourth-order valence-corrected chi connectivity index (χ4v) is 3.38. The van der Waals surface area contributed by atoms with Gasteiger partial charge < -0.3 is 14.8 Å². The summed E-state index contributed by atoms with van der Waals surface area (Å²) in [5, 5.41) is 3.09. The minimum atomic E-state index is -0.487. The molecule has 1 fully saturated rings. The summed E-state index contributed by atoms with van der Waals surface area (Å²) in [5.41, 5.74) is 0.184. The lowest BCUT2D eigenvalue weighted by Crippen LogP contribution is -2.38. The molecular weight excluding hydrogens is 412 g/mol. The van der Waals surface area contributed by atoms with Crippen LogP contribution >= 0.6 is 0 Å². The number of para-hydroxylation sites is 1. The van der Waals surface area contributed by atoms with E-state index in [9.17, 15) is 9.59 Å². The van der Waals surface area contributed by atoms with Crippen LogP contribution in [0.3, 0.4) is 0 Å². The number of aromatic nitrogens is 4. The van der Waals surface area contributed by atoms with Crippen molar-refractivity contribution in [3.05, 3.63) is 64.7 Å². The molecule has 1 aliphatic heterocycles. The number of H-pyrrole nitrogens is 1. The number of rotatable bonds is 7. The van der Waals surface area contributed by atoms with Gasteiger partial charge in [-0.05, 0) is 37.1 Å². The van der Waals surface area contributed by atoms with Crippen LogP contribution in [0.5, 0.6) is 11.6 Å². The second kappa shape index (κ2) is 9.04. The monoisotopic (exact) mass is 436 g/mol. The van der Waals surface area contributed by atoms with Crippen LogP contribution in [0.2, 0.25) is 0 Å². The van der Waals surface area contributed by atoms with E-state index in [1.54, 1.807) is 24.3 Å². The lowest BCUT2D eigenvalue weighted by Gasteiger charge is -2.22. The summed E-state index contributed by atoms with van der Waals surface area (Å²) in [7, 11) is 0. The molecule has 2 atom stereocenters. The first kappa shape index (κ1) is 21.3. The standard InChI is InChI=1S/C22H24N6O4/c1-13(2)17-11-31-22(30)28(17)21-24-12-23-20(27-21)25-14(3)16-9-10-18(26-19(16)29)32-15-7-5-4-6-8-15/h4-10,12-14,17H,11H2,1-3H3,(H,26,29)(H,23,24,25,27)/t14-,17+/m0/s1. The number of anilines is 2. The van der Waals surface area contributed by atoms with Crippen LogP contribution in [-0.2, 0) is 4.74 Å². The van der Waals surface area contributed by atoms with Crippen LogP contribution in [0.25, 0.3) is 0 Å². The van der Waals surface area contributed by atoms with Crippen LogP contribution in [-0.4, -0.2) is 38.7 Å². The van der Waals surface area contributed by atoms with Gasteiger partial charge in [0, 0.05) is 5.56 Å². The number of nitrogens with one attached hydrogen (secondary N) is 2. The number of cyclic esters (lactones) is 1. The third-order valence-electron chi connectivity index (χ3n) is 5.15. The maximum atomic E-state index is 12.6. The largest absolute Gasteiger partial charge is 0.447 e. The quantitative estimate of drug-likeness (QED) is 0.577. The Hall–Kier alpha value is -3.95. The zero-order chi connectivity index (χ0) is 22.7. The summed E-state index contributed by atoms with van der Waals surface area (Å²) in [6, 6.07) is 12.0. The molecule has 1 saturated heterocycles. The highest BCUT2D eigenvalue weighted by Gasteiger charge is 2.38. The molecule has 1 aromatic carbocycles. The second-order valence-corrected chi connectivity index (χ2v) is 7.76. The second-order valence-electron chi connectivity index (χ2n) is 7.76. The SMILES string of the molecule is CC(C)[C@H]1COC(=O)N1c1ncnc(N[C@@H](C)c2ccc(Oc3ccccc3)[nH]c2=O)n1. The highest BCUT2D eigenvalue weighted by Crippen LogP contribution is 2.25. The fraction of sp³-hybridized carbons (Fsp3) is 0.318. The molecule has 2 N–H and O–H groups in total. The Morgan fingerprint density at radius 3 is 2.62 bits per heavy atom. The normalized spacial score (nSPS) is 16.7. The third kappa shape index (κ3) is 4.53. The molecule has 3 aromatic rings. The van der Waals surface area contributed by atoms with Gasteiger partial charge in [-0.3, -0.25) is 9.78 Å². The van der Waals surface area contributed by atoms with Crippen molar-refractivity contribution in [3.8, 4) is 11.6 Å². The van der Waals surface area contributed by atoms with Crippen LogP contribution in [0.4, 0.5) is 16.7 Å². The van der Waals surface area contributed by atoms with Crippen molar-refractivity contribution in [1.82, 2.24) is 19.9 Å². The van der Waals surface area contributed by atoms with Crippen LogP contribution in [0.1, 0.15) is 32.4 Å². The van der Waals surface area contributed by atoms with Crippen LogP contribution in [0.15, 0.2) is 53.6 Å². The topological polar surface area (TPSA) is 122 Å². The van der Waals surface area contributed by atoms with E-state index < -0.39 is 12.1 Å². The van der Waals surface area contributed by atoms with Gasteiger partial charge >= 0.3 is 6.09 Å². The van der Waals surface area contributed by atoms with E-state index in [4.69, 9.17) is 9.47 Å². The van der Waals surface area contributed by atoms with Crippen LogP contribution in [0, 0.1) is 5.92 Å². The lowest BCUT2D eigenvalue weighted by molar-refractivity contribution is 0.177. The van der Waals surface area contributed by atoms with Gasteiger partial charge in [-0.2, -0.15) is 4.98 Å². The van der Waals surface area contributed by atoms with Gasteiger partial charge in [0.15, 0.2) is 5.88 Å². The number of hydrogen-bond acceptors (Lipinski definition) is 8. The van der Waals surface area contributed by atoms with E-state index in [1.165, 1.54) is 11.2 Å². The number of carbonyl (C=O) groups is 1. The van der Waals surface area contributed by atoms with Gasteiger partial charge in [0.25, 0.3) is 5.56 Å². The van der Waals surface area contributed by atoms with Crippen molar-refractivity contribution in [2.24, 2.45) is 5.92 Å². The van der Waals surface area contributed by atoms with Crippen molar-refractivity contribution in [3.63, 3.8) is 0 Å². The minimum Gasteiger partial charge on any atom is -0.447 e. The third-order valence-corrected chi connectivity index (χ3v) is 5.15. The fourth-order valence-electron chi connectivity index (χ4n) is 3.38. The maximum absolute atomic E-state index is 12.6. The van der Waals surface area contributed by atoms with Crippen molar-refractivity contribution >= 4 is 18.0 Å². The summed E-state index contributed by atoms with van der Waals surface area (Å²) >= 11 is 0. The molecule has 1 amide bonds. The first-order valence-electron chi connectivity index (χ1n) is 10.3. The summed E-state index contributed by atoms with van der Waals surface area (Å²) in [6.07, 6.45) is 0.834. The molecule has 0 bridgehead atoms. The van der Waals surface area contributed by atoms with Gasteiger partial charge in [0.05, 0.1) is 12.1 Å². The summed E-state index contributed by atoms with van der Waals surface area (Å²) in [6.45, 7) is 6.10. The number of amides is 1. The van der Waals surface area contributed by atoms with E-state index in [1.807, 2.05) is 39.0 Å². The molecule has 0 radical (unpaired) electrons. The van der Waals surface area contributed by atoms with E-state index in [-0.39, 0.29) is 36.0 Å². The van der Waals surface area contributed by atoms with E-state index in [2.05, 4.69) is 25.3 Å². The number of nitrogens with zero attached hydrogens (tertiary/aromatic N) is 4. The molecule has 4 rings (SSSR count). The molecule has 10 heteroatoms. The molecule has 0 unspecified atom stereocenters. The molecule has 166 valence electrons. The number of aromatic amines is 1. The smallest absolute Gasteiger partial charge is 0.417 e. The Morgan fingerprint density at radius 2 is 1.91 bits per heavy atom. The van der Waals surface area contributed by atoms with Gasteiger partial charge in [-0.1, -0.05) is 32.0 Å². The molecule has 1 aliphatic rings. The average Bonchev–Trinajstić information content (AvgIpc) is 3.16. The van der Waals surface area contributed by atoms with E-state index in [0.29, 0.717) is 17.2 Å². The number of hydrogen-bond donors (Lipinski definition) is 2. The van der Waals surface area contributed by atoms with Gasteiger partial charge in [0.2, 0.25) is 11.9 Å². The summed E-state index contributed by atoms with van der Waals surface area (Å²) in [4.78, 5) is 41.6. The Morgan fingerprint density at radius 1 is 1.12 bits per heavy atom. The molecule has 3 heterocycles. The summed E-state index contributed by atoms with van der Waals surface area (Å²) in [5.74, 6) is 1.58. The van der Waals surface area contributed by atoms with Crippen LogP contribution < -0.4 is 20.5 Å². The first-order valence-corrected chi connectivity index (χ1v) is 10.3. The summed E-state index contributed by atoms with van der Waals surface area (Å²) < 4.78 is 10.8. The molecule has 2 aromatic heterocycles. The van der Waals surface area contributed by atoms with Crippen molar-refractivity contribution in [2.45, 2.75) is 32.9 Å². The average molecular weight is 436 g/mol. The first-order chi connectivity index (χ1) is 15.4. The molecule has 0 saturated carbocycles. The molecule has 10 nitrogen and oxygen atoms in total. The maximum Gasteiger partial charge on any atom is 0.417 e. The minimum absolute atomic E-state index is 0.157. The predicted molar refractivity (Wildman–Crippen MR) is 118 cm³/mol. The predicted octanol–water partition coefficient (Wildman–Crippen LogP) is 3.51. The van der Waals surface area contributed by atoms with E-state index >= 15 is 0 Å². The van der Waals surface area contributed by atoms with Gasteiger partial charge in [-0.25, -0.2) is 19.7 Å². The Bertz CT molecular complexity index is 1150. The van der Waals surface area contributed by atoms with Gasteiger partial charge in [-0.15, -0.1) is 0 Å². The Balaban J connectivity index is 1.49. The number of pyridine rings is 1. The zero-order valence-electron chi connectivity index (χ0n) is 18.0. The highest BCUT2D eigenvalue weighted by atomic mass is 16.6. The molecule has 0 aliphatic carbocycles. The Kier molecular flexibility index (Phi) is 6.02. The molecule has 32 heavy (non-hydrogen) atoms. The number of benzene rings is 1. The van der Waals surface area contributed by atoms with Crippen molar-refractivity contribution in [1.29, 1.82) is 0 Å². The molecule has 0 spiro atoms. The highest BCUT2D eigenvalue weighted by molar-refractivity contribution is 5.88. The van der Waals surface area contributed by atoms with Crippen molar-refractivity contribution in [2.75, 3.05) is 16.8 Å². The Labute approximate surface area is 184 Å². The lowest BCUT2D eigenvalue weighted by atomic mass is 10.1. The van der Waals surface area contributed by atoms with E-state index in [0.717, 1.165) is 0 Å². The van der Waals surface area contributed by atoms with Gasteiger partial charge in [0.1, 0.15) is 18.7 Å². The molecular formula is C22H24N6O4. The van der Waals surface area contributed by atoms with Crippen molar-refractivity contribution < 1.29 is 14.3 Å². The number of ether oxygens (including phenoxy) is 2.